The van der Waals surface area contributed by atoms with E-state index in [0.717, 1.165) is 11.5 Å². The summed E-state index contributed by atoms with van der Waals surface area (Å²) in [7, 11) is 0. The molecule has 0 N–H and O–H groups in total. The van der Waals surface area contributed by atoms with Crippen LogP contribution < -0.4 is 0 Å². The van der Waals surface area contributed by atoms with E-state index in [2.05, 4.69) is 33.8 Å². The fourth-order valence-electron chi connectivity index (χ4n) is 2.86. The quantitative estimate of drug-likeness (QED) is 0.654. The Kier molecular flexibility index (Phi) is 2.73. The average molecular weight is 218 g/mol. The zero-order valence-corrected chi connectivity index (χ0v) is 11.1. The molecule has 0 bridgehead atoms. The van der Waals surface area contributed by atoms with Gasteiger partial charge in [0.25, 0.3) is 0 Å². The van der Waals surface area contributed by atoms with Crippen LogP contribution in [0.1, 0.15) is 57.1 Å². The number of rotatable bonds is 1. The highest BCUT2D eigenvalue weighted by atomic mass is 16.3. The first-order valence-corrected chi connectivity index (χ1v) is 6.19. The van der Waals surface area contributed by atoms with Gasteiger partial charge in [0, 0.05) is 0 Å². The molecular formula is C15H22O. The molecule has 1 aliphatic rings. The maximum atomic E-state index is 5.90. The molecule has 0 fully saturated rings. The number of hydrogen-bond acceptors (Lipinski definition) is 1. The van der Waals surface area contributed by atoms with Gasteiger partial charge in [-0.2, -0.15) is 0 Å². The van der Waals surface area contributed by atoms with Crippen LogP contribution in [0.4, 0.5) is 0 Å². The Bertz CT molecular complexity index is 413. The van der Waals surface area contributed by atoms with Crippen LogP contribution in [-0.4, -0.2) is 0 Å². The fourth-order valence-corrected chi connectivity index (χ4v) is 2.86. The summed E-state index contributed by atoms with van der Waals surface area (Å²) in [5.74, 6) is 2.15. The van der Waals surface area contributed by atoms with Gasteiger partial charge in [0.05, 0.1) is 0 Å². The van der Waals surface area contributed by atoms with E-state index in [1.807, 2.05) is 6.92 Å². The van der Waals surface area contributed by atoms with Crippen molar-refractivity contribution in [3.05, 3.63) is 28.7 Å². The van der Waals surface area contributed by atoms with Crippen molar-refractivity contribution in [3.8, 4) is 0 Å². The van der Waals surface area contributed by atoms with Crippen LogP contribution in [0, 0.1) is 19.3 Å². The highest BCUT2D eigenvalue weighted by Gasteiger charge is 2.31. The van der Waals surface area contributed by atoms with Crippen LogP contribution >= 0.6 is 0 Å². The lowest BCUT2D eigenvalue weighted by Gasteiger charge is -2.33. The monoisotopic (exact) mass is 218 g/mol. The van der Waals surface area contributed by atoms with Gasteiger partial charge in [-0.3, -0.25) is 0 Å². The van der Waals surface area contributed by atoms with Crippen molar-refractivity contribution < 1.29 is 4.42 Å². The maximum absolute atomic E-state index is 5.90. The second-order valence-corrected chi connectivity index (χ2v) is 5.74. The van der Waals surface area contributed by atoms with Gasteiger partial charge in [-0.15, -0.1) is 0 Å². The summed E-state index contributed by atoms with van der Waals surface area (Å²) in [5.41, 5.74) is 4.47. The van der Waals surface area contributed by atoms with Crippen LogP contribution in [0.15, 0.2) is 16.1 Å². The van der Waals surface area contributed by atoms with Crippen molar-refractivity contribution in [1.82, 2.24) is 0 Å². The van der Waals surface area contributed by atoms with E-state index in [-0.39, 0.29) is 5.41 Å². The molecule has 88 valence electrons. The van der Waals surface area contributed by atoms with Crippen molar-refractivity contribution in [3.63, 3.8) is 0 Å². The molecule has 0 spiro atoms. The molecule has 0 aliphatic heterocycles. The van der Waals surface area contributed by atoms with Gasteiger partial charge >= 0.3 is 0 Å². The standard InChI is InChI=1S/C15H22O/c1-10-7-6-8-15(4,5)14(10)13-9-11(2)12(3)16-13/h9H,6-8H2,1-5H3. The van der Waals surface area contributed by atoms with Crippen molar-refractivity contribution in [2.24, 2.45) is 5.41 Å². The Morgan fingerprint density at radius 2 is 1.88 bits per heavy atom. The lowest BCUT2D eigenvalue weighted by Crippen LogP contribution is -2.18. The number of allylic oxidation sites excluding steroid dienone is 2. The van der Waals surface area contributed by atoms with Gasteiger partial charge < -0.3 is 4.42 Å². The number of aryl methyl sites for hydroxylation is 2. The van der Waals surface area contributed by atoms with Crippen molar-refractivity contribution in [1.29, 1.82) is 0 Å². The normalized spacial score (nSPS) is 20.3. The van der Waals surface area contributed by atoms with E-state index in [1.165, 1.54) is 36.0 Å². The Hall–Kier alpha value is -0.980. The van der Waals surface area contributed by atoms with Crippen molar-refractivity contribution in [2.45, 2.75) is 53.9 Å². The molecule has 16 heavy (non-hydrogen) atoms. The van der Waals surface area contributed by atoms with E-state index in [4.69, 9.17) is 4.42 Å². The van der Waals surface area contributed by atoms with E-state index in [0.29, 0.717) is 0 Å². The highest BCUT2D eigenvalue weighted by molar-refractivity contribution is 5.70. The summed E-state index contributed by atoms with van der Waals surface area (Å²) >= 11 is 0. The fraction of sp³-hybridized carbons (Fsp3) is 0.600. The summed E-state index contributed by atoms with van der Waals surface area (Å²) in [5, 5.41) is 0. The Morgan fingerprint density at radius 1 is 1.19 bits per heavy atom. The maximum Gasteiger partial charge on any atom is 0.130 e. The first-order valence-electron chi connectivity index (χ1n) is 6.19. The van der Waals surface area contributed by atoms with Gasteiger partial charge in [0.1, 0.15) is 11.5 Å². The molecule has 1 aliphatic carbocycles. The van der Waals surface area contributed by atoms with Gasteiger partial charge in [0.15, 0.2) is 0 Å². The molecule has 1 aromatic rings. The van der Waals surface area contributed by atoms with Crippen LogP contribution in [0.3, 0.4) is 0 Å². The molecule has 0 saturated heterocycles. The van der Waals surface area contributed by atoms with E-state index in [1.54, 1.807) is 0 Å². The number of furan rings is 1. The zero-order valence-electron chi connectivity index (χ0n) is 11.1. The third-order valence-electron chi connectivity index (χ3n) is 3.87. The van der Waals surface area contributed by atoms with Gasteiger partial charge in [-0.25, -0.2) is 0 Å². The SMILES string of the molecule is CC1=C(c2cc(C)c(C)o2)C(C)(C)CCC1. The van der Waals surface area contributed by atoms with E-state index in [9.17, 15) is 0 Å². The Morgan fingerprint density at radius 3 is 2.38 bits per heavy atom. The molecule has 1 nitrogen and oxygen atoms in total. The largest absolute Gasteiger partial charge is 0.461 e. The summed E-state index contributed by atoms with van der Waals surface area (Å²) in [4.78, 5) is 0. The van der Waals surface area contributed by atoms with Gasteiger partial charge in [-0.05, 0) is 62.7 Å². The minimum Gasteiger partial charge on any atom is -0.461 e. The first-order chi connectivity index (χ1) is 7.42. The summed E-state index contributed by atoms with van der Waals surface area (Å²) in [6, 6.07) is 2.20. The molecule has 0 amide bonds. The Labute approximate surface area is 98.5 Å². The third kappa shape index (κ3) is 1.83. The van der Waals surface area contributed by atoms with Crippen LogP contribution in [0.2, 0.25) is 0 Å². The smallest absolute Gasteiger partial charge is 0.130 e. The Balaban J connectivity index is 2.52. The summed E-state index contributed by atoms with van der Waals surface area (Å²) < 4.78 is 5.90. The average Bonchev–Trinajstić information content (AvgIpc) is 2.44. The topological polar surface area (TPSA) is 13.1 Å². The lowest BCUT2D eigenvalue weighted by molar-refractivity contribution is 0.399. The highest BCUT2D eigenvalue weighted by Crippen LogP contribution is 2.46. The zero-order chi connectivity index (χ0) is 11.9. The molecule has 2 rings (SSSR count). The molecule has 0 radical (unpaired) electrons. The molecule has 1 aromatic heterocycles. The van der Waals surface area contributed by atoms with Gasteiger partial charge in [0.2, 0.25) is 0 Å². The lowest BCUT2D eigenvalue weighted by atomic mass is 9.72. The second kappa shape index (κ2) is 3.80. The van der Waals surface area contributed by atoms with Crippen LogP contribution in [-0.2, 0) is 0 Å². The summed E-state index contributed by atoms with van der Waals surface area (Å²) in [6.45, 7) is 11.1. The molecule has 0 atom stereocenters. The van der Waals surface area contributed by atoms with Gasteiger partial charge in [-0.1, -0.05) is 19.4 Å². The molecule has 1 heteroatoms. The predicted molar refractivity (Wildman–Crippen MR) is 68.4 cm³/mol. The second-order valence-electron chi connectivity index (χ2n) is 5.74. The minimum atomic E-state index is 0.263. The summed E-state index contributed by atoms with van der Waals surface area (Å²) in [6.07, 6.45) is 3.79. The predicted octanol–water partition coefficient (Wildman–Crippen LogP) is 4.88. The first kappa shape index (κ1) is 11.5. The van der Waals surface area contributed by atoms with Crippen molar-refractivity contribution >= 4 is 5.57 Å². The van der Waals surface area contributed by atoms with Crippen LogP contribution in [0.5, 0.6) is 0 Å². The molecule has 0 saturated carbocycles. The van der Waals surface area contributed by atoms with Crippen LogP contribution in [0.25, 0.3) is 5.57 Å². The molecule has 1 heterocycles. The minimum absolute atomic E-state index is 0.263. The van der Waals surface area contributed by atoms with Crippen molar-refractivity contribution in [2.75, 3.05) is 0 Å². The van der Waals surface area contributed by atoms with E-state index < -0.39 is 0 Å². The molecule has 0 aromatic carbocycles. The van der Waals surface area contributed by atoms with E-state index >= 15 is 0 Å². The third-order valence-corrected chi connectivity index (χ3v) is 3.87. The molecule has 0 unspecified atom stereocenters. The molecular weight excluding hydrogens is 196 g/mol. The number of hydrogen-bond donors (Lipinski definition) is 0.